The molecule has 0 aromatic heterocycles. The van der Waals surface area contributed by atoms with E-state index in [2.05, 4.69) is 38.1 Å². The Balaban J connectivity index is 1.92. The summed E-state index contributed by atoms with van der Waals surface area (Å²) in [6, 6.07) is 13.4. The maximum atomic E-state index is 14.3. The topological polar surface area (TPSA) is 20.3 Å². The zero-order chi connectivity index (χ0) is 18.0. The number of nitrogens with zero attached hydrogens (tertiary/aromatic N) is 1. The molecule has 1 saturated heterocycles. The molecule has 1 unspecified atom stereocenters. The normalized spacial score (nSPS) is 17.8. The third-order valence-corrected chi connectivity index (χ3v) is 5.19. The lowest BCUT2D eigenvalue weighted by Crippen LogP contribution is -2.39. The van der Waals surface area contributed by atoms with Crippen LogP contribution in [-0.2, 0) is 0 Å². The Hall–Kier alpha value is -2.16. The maximum absolute atomic E-state index is 14.3. The average Bonchev–Trinajstić information content (AvgIpc) is 2.61. The summed E-state index contributed by atoms with van der Waals surface area (Å²) in [6.07, 6.45) is 3.00. The van der Waals surface area contributed by atoms with Crippen LogP contribution in [0.1, 0.15) is 72.1 Å². The second-order valence-electron chi connectivity index (χ2n) is 7.26. The fourth-order valence-corrected chi connectivity index (χ4v) is 3.67. The molecule has 25 heavy (non-hydrogen) atoms. The molecule has 3 rings (SSSR count). The van der Waals surface area contributed by atoms with Crippen LogP contribution in [0.15, 0.2) is 42.5 Å². The third kappa shape index (κ3) is 3.60. The Morgan fingerprint density at radius 1 is 1.12 bits per heavy atom. The Morgan fingerprint density at radius 2 is 1.84 bits per heavy atom. The molecule has 1 aliphatic heterocycles. The molecule has 2 aromatic rings. The molecule has 1 amide bonds. The summed E-state index contributed by atoms with van der Waals surface area (Å²) in [7, 11) is 0. The van der Waals surface area contributed by atoms with E-state index in [1.54, 1.807) is 19.1 Å². The molecule has 0 radical (unpaired) electrons. The lowest BCUT2D eigenvalue weighted by atomic mass is 9.92. The fourth-order valence-electron chi connectivity index (χ4n) is 3.67. The molecule has 0 saturated carbocycles. The van der Waals surface area contributed by atoms with Crippen LogP contribution in [0.3, 0.4) is 0 Å². The Kier molecular flexibility index (Phi) is 5.22. The predicted octanol–water partition coefficient (Wildman–Crippen LogP) is 5.62. The number of halogens is 1. The van der Waals surface area contributed by atoms with E-state index in [1.807, 2.05) is 4.90 Å². The first kappa shape index (κ1) is 17.7. The van der Waals surface area contributed by atoms with Crippen molar-refractivity contribution in [3.63, 3.8) is 0 Å². The number of rotatable bonds is 3. The Bertz CT molecular complexity index is 731. The van der Waals surface area contributed by atoms with Gasteiger partial charge in [-0.15, -0.1) is 0 Å². The molecule has 0 aliphatic carbocycles. The van der Waals surface area contributed by atoms with Crippen LogP contribution in [0.5, 0.6) is 0 Å². The van der Waals surface area contributed by atoms with Gasteiger partial charge >= 0.3 is 0 Å². The van der Waals surface area contributed by atoms with Crippen molar-refractivity contribution in [3.05, 3.63) is 70.5 Å². The quantitative estimate of drug-likeness (QED) is 0.710. The zero-order valence-corrected chi connectivity index (χ0v) is 15.3. The van der Waals surface area contributed by atoms with Crippen molar-refractivity contribution in [2.45, 2.75) is 52.0 Å². The van der Waals surface area contributed by atoms with Gasteiger partial charge in [-0.3, -0.25) is 4.79 Å². The highest BCUT2D eigenvalue weighted by Crippen LogP contribution is 2.33. The molecule has 2 nitrogen and oxygen atoms in total. The highest BCUT2D eigenvalue weighted by molar-refractivity contribution is 5.96. The maximum Gasteiger partial charge on any atom is 0.257 e. The summed E-state index contributed by atoms with van der Waals surface area (Å²) in [5.41, 5.74) is 3.35. The molecule has 132 valence electrons. The van der Waals surface area contributed by atoms with Gasteiger partial charge < -0.3 is 4.90 Å². The van der Waals surface area contributed by atoms with Crippen LogP contribution in [0.25, 0.3) is 0 Å². The number of carbonyl (C=O) groups excluding carboxylic acids is 1. The number of amides is 1. The smallest absolute Gasteiger partial charge is 0.257 e. The summed E-state index contributed by atoms with van der Waals surface area (Å²) >= 11 is 0. The van der Waals surface area contributed by atoms with Gasteiger partial charge in [0.05, 0.1) is 11.6 Å². The van der Waals surface area contributed by atoms with E-state index in [0.29, 0.717) is 18.0 Å². The zero-order valence-electron chi connectivity index (χ0n) is 15.3. The van der Waals surface area contributed by atoms with E-state index < -0.39 is 5.82 Å². The SMILES string of the molecule is Cc1cccc(F)c1C(=O)N1CCCCC1c1ccc(C(C)C)cc1. The van der Waals surface area contributed by atoms with E-state index in [-0.39, 0.29) is 17.5 Å². The molecular weight excluding hydrogens is 313 g/mol. The fraction of sp³-hybridized carbons (Fsp3) is 0.409. The molecule has 0 spiro atoms. The van der Waals surface area contributed by atoms with Gasteiger partial charge in [-0.05, 0) is 54.9 Å². The largest absolute Gasteiger partial charge is 0.332 e. The van der Waals surface area contributed by atoms with Crippen molar-refractivity contribution in [2.24, 2.45) is 0 Å². The minimum absolute atomic E-state index is 0.0291. The van der Waals surface area contributed by atoms with Gasteiger partial charge in [0.15, 0.2) is 0 Å². The highest BCUT2D eigenvalue weighted by atomic mass is 19.1. The molecule has 1 aliphatic rings. The number of likely N-dealkylation sites (tertiary alicyclic amines) is 1. The summed E-state index contributed by atoms with van der Waals surface area (Å²) in [4.78, 5) is 14.9. The molecule has 0 N–H and O–H groups in total. The lowest BCUT2D eigenvalue weighted by Gasteiger charge is -2.36. The first-order valence-corrected chi connectivity index (χ1v) is 9.15. The van der Waals surface area contributed by atoms with Gasteiger partial charge in [-0.1, -0.05) is 50.2 Å². The summed E-state index contributed by atoms with van der Waals surface area (Å²) in [5.74, 6) is -0.128. The van der Waals surface area contributed by atoms with Crippen LogP contribution in [0.4, 0.5) is 4.39 Å². The number of hydrogen-bond donors (Lipinski definition) is 0. The standard InChI is InChI=1S/C22H26FNO/c1-15(2)17-10-12-18(13-11-17)20-9-4-5-14-24(20)22(25)21-16(3)7-6-8-19(21)23/h6-8,10-13,15,20H,4-5,9,14H2,1-3H3. The summed E-state index contributed by atoms with van der Waals surface area (Å²) in [5, 5.41) is 0. The minimum atomic E-state index is -0.426. The molecule has 1 fully saturated rings. The summed E-state index contributed by atoms with van der Waals surface area (Å²) < 4.78 is 14.3. The number of hydrogen-bond acceptors (Lipinski definition) is 1. The second-order valence-corrected chi connectivity index (χ2v) is 7.26. The number of aryl methyl sites for hydroxylation is 1. The van der Waals surface area contributed by atoms with Crippen LogP contribution in [0.2, 0.25) is 0 Å². The van der Waals surface area contributed by atoms with Gasteiger partial charge in [-0.2, -0.15) is 0 Å². The monoisotopic (exact) mass is 339 g/mol. The van der Waals surface area contributed by atoms with Crippen molar-refractivity contribution in [1.82, 2.24) is 4.90 Å². The van der Waals surface area contributed by atoms with Crippen LogP contribution in [-0.4, -0.2) is 17.4 Å². The van der Waals surface area contributed by atoms with E-state index in [0.717, 1.165) is 24.8 Å². The third-order valence-electron chi connectivity index (χ3n) is 5.19. The van der Waals surface area contributed by atoms with Crippen LogP contribution >= 0.6 is 0 Å². The molecular formula is C22H26FNO. The van der Waals surface area contributed by atoms with Gasteiger partial charge in [0.1, 0.15) is 5.82 Å². The minimum Gasteiger partial charge on any atom is -0.332 e. The van der Waals surface area contributed by atoms with Crippen LogP contribution in [0, 0.1) is 12.7 Å². The van der Waals surface area contributed by atoms with Crippen LogP contribution < -0.4 is 0 Å². The number of carbonyl (C=O) groups is 1. The number of piperidine rings is 1. The summed E-state index contributed by atoms with van der Waals surface area (Å²) in [6.45, 7) is 6.83. The average molecular weight is 339 g/mol. The molecule has 1 atom stereocenters. The molecule has 3 heteroatoms. The van der Waals surface area contributed by atoms with Gasteiger partial charge in [-0.25, -0.2) is 4.39 Å². The van der Waals surface area contributed by atoms with Crippen molar-refractivity contribution < 1.29 is 9.18 Å². The lowest BCUT2D eigenvalue weighted by molar-refractivity contribution is 0.0606. The Labute approximate surface area is 149 Å². The van der Waals surface area contributed by atoms with E-state index in [9.17, 15) is 9.18 Å². The van der Waals surface area contributed by atoms with Crippen molar-refractivity contribution in [1.29, 1.82) is 0 Å². The van der Waals surface area contributed by atoms with Gasteiger partial charge in [0.25, 0.3) is 5.91 Å². The first-order chi connectivity index (χ1) is 12.0. The second kappa shape index (κ2) is 7.38. The van der Waals surface area contributed by atoms with Gasteiger partial charge in [0, 0.05) is 6.54 Å². The number of benzene rings is 2. The van der Waals surface area contributed by atoms with Gasteiger partial charge in [0.2, 0.25) is 0 Å². The molecule has 1 heterocycles. The van der Waals surface area contributed by atoms with Crippen molar-refractivity contribution in [3.8, 4) is 0 Å². The van der Waals surface area contributed by atoms with E-state index >= 15 is 0 Å². The van der Waals surface area contributed by atoms with Crippen molar-refractivity contribution >= 4 is 5.91 Å². The molecule has 0 bridgehead atoms. The van der Waals surface area contributed by atoms with Crippen molar-refractivity contribution in [2.75, 3.05) is 6.54 Å². The van der Waals surface area contributed by atoms with E-state index in [4.69, 9.17) is 0 Å². The highest BCUT2D eigenvalue weighted by Gasteiger charge is 2.30. The van der Waals surface area contributed by atoms with E-state index in [1.165, 1.54) is 11.6 Å². The Morgan fingerprint density at radius 3 is 2.48 bits per heavy atom. The predicted molar refractivity (Wildman–Crippen MR) is 99.3 cm³/mol. The first-order valence-electron chi connectivity index (χ1n) is 9.15. The molecule has 2 aromatic carbocycles.